The zero-order valence-electron chi connectivity index (χ0n) is 17.3. The van der Waals surface area contributed by atoms with Crippen LogP contribution in [0.15, 0.2) is 53.6 Å². The molecule has 1 amide bonds. The molecule has 4 rings (SSSR count). The van der Waals surface area contributed by atoms with Gasteiger partial charge in [-0.05, 0) is 31.0 Å². The number of carboxylic acids is 1. The van der Waals surface area contributed by atoms with E-state index in [1.807, 2.05) is 62.4 Å². The van der Waals surface area contributed by atoms with Crippen molar-refractivity contribution in [1.82, 2.24) is 9.99 Å². The highest BCUT2D eigenvalue weighted by Gasteiger charge is 2.35. The third kappa shape index (κ3) is 4.30. The van der Waals surface area contributed by atoms with Crippen LogP contribution in [0, 0.1) is 13.8 Å². The SMILES string of the molecule is Cc1ccc(C2=NN(C(=O)CCC(=O)O)C(c3cc4cccc(C)c4nc3Cl)C2)cc1. The van der Waals surface area contributed by atoms with Crippen LogP contribution < -0.4 is 0 Å². The fourth-order valence-corrected chi connectivity index (χ4v) is 4.07. The van der Waals surface area contributed by atoms with Gasteiger partial charge in [-0.3, -0.25) is 9.59 Å². The third-order valence-electron chi connectivity index (χ3n) is 5.49. The van der Waals surface area contributed by atoms with Crippen LogP contribution in [0.1, 0.15) is 47.6 Å². The fourth-order valence-electron chi connectivity index (χ4n) is 3.81. The van der Waals surface area contributed by atoms with Crippen molar-refractivity contribution < 1.29 is 14.7 Å². The predicted molar refractivity (Wildman–Crippen MR) is 120 cm³/mol. The number of hydrogen-bond acceptors (Lipinski definition) is 4. The maximum Gasteiger partial charge on any atom is 0.303 e. The summed E-state index contributed by atoms with van der Waals surface area (Å²) in [6, 6.07) is 15.3. The molecule has 1 unspecified atom stereocenters. The Morgan fingerprint density at radius 3 is 2.58 bits per heavy atom. The second kappa shape index (κ2) is 8.47. The molecule has 6 nitrogen and oxygen atoms in total. The maximum atomic E-state index is 12.9. The first-order valence-electron chi connectivity index (χ1n) is 10.1. The third-order valence-corrected chi connectivity index (χ3v) is 5.79. The number of rotatable bonds is 5. The van der Waals surface area contributed by atoms with E-state index < -0.39 is 12.0 Å². The zero-order valence-corrected chi connectivity index (χ0v) is 18.1. The molecule has 31 heavy (non-hydrogen) atoms. The van der Waals surface area contributed by atoms with Gasteiger partial charge >= 0.3 is 5.97 Å². The Kier molecular flexibility index (Phi) is 5.74. The van der Waals surface area contributed by atoms with E-state index in [0.29, 0.717) is 17.1 Å². The summed E-state index contributed by atoms with van der Waals surface area (Å²) in [5, 5.41) is 16.2. The van der Waals surface area contributed by atoms with Crippen molar-refractivity contribution >= 4 is 40.1 Å². The number of carbonyl (C=O) groups is 2. The number of aliphatic carboxylic acids is 1. The van der Waals surface area contributed by atoms with Crippen LogP contribution in [-0.4, -0.2) is 32.7 Å². The van der Waals surface area contributed by atoms with Crippen molar-refractivity contribution in [2.24, 2.45) is 5.10 Å². The van der Waals surface area contributed by atoms with E-state index in [0.717, 1.165) is 33.3 Å². The lowest BCUT2D eigenvalue weighted by Gasteiger charge is -2.23. The Balaban J connectivity index is 1.75. The van der Waals surface area contributed by atoms with Gasteiger partial charge < -0.3 is 5.11 Å². The largest absolute Gasteiger partial charge is 0.481 e. The smallest absolute Gasteiger partial charge is 0.303 e. The number of aromatic nitrogens is 1. The molecule has 2 aromatic carbocycles. The minimum atomic E-state index is -1.02. The van der Waals surface area contributed by atoms with Crippen LogP contribution in [0.5, 0.6) is 0 Å². The minimum absolute atomic E-state index is 0.131. The molecule has 1 aliphatic rings. The molecule has 1 N–H and O–H groups in total. The van der Waals surface area contributed by atoms with Gasteiger partial charge in [0, 0.05) is 23.8 Å². The quantitative estimate of drug-likeness (QED) is 0.568. The Morgan fingerprint density at radius 1 is 1.13 bits per heavy atom. The summed E-state index contributed by atoms with van der Waals surface area (Å²) in [4.78, 5) is 28.4. The summed E-state index contributed by atoms with van der Waals surface area (Å²) >= 11 is 6.57. The molecule has 0 saturated carbocycles. The summed E-state index contributed by atoms with van der Waals surface area (Å²) in [6.45, 7) is 3.98. The molecular weight excluding hydrogens is 414 g/mol. The molecular formula is C24H22ClN3O3. The molecule has 0 fully saturated rings. The molecule has 1 aliphatic heterocycles. The van der Waals surface area contributed by atoms with Crippen LogP contribution in [0.4, 0.5) is 0 Å². The standard InChI is InChI=1S/C24H22ClN3O3/c1-14-6-8-16(9-7-14)19-13-20(28(27-19)21(29)10-11-22(30)31)18-12-17-5-3-4-15(2)23(17)26-24(18)25/h3-9,12,20H,10-11,13H2,1-2H3,(H,30,31). The second-order valence-corrected chi connectivity index (χ2v) is 8.14. The number of amides is 1. The molecule has 7 heteroatoms. The predicted octanol–water partition coefficient (Wildman–Crippen LogP) is 5.05. The molecule has 0 bridgehead atoms. The Morgan fingerprint density at radius 2 is 1.87 bits per heavy atom. The molecule has 0 aliphatic carbocycles. The Labute approximate surface area is 185 Å². The van der Waals surface area contributed by atoms with E-state index in [2.05, 4.69) is 10.1 Å². The first-order chi connectivity index (χ1) is 14.8. The Bertz CT molecular complexity index is 1200. The lowest BCUT2D eigenvalue weighted by molar-refractivity contribution is -0.141. The topological polar surface area (TPSA) is 82.9 Å². The van der Waals surface area contributed by atoms with Crippen LogP contribution in [0.2, 0.25) is 5.15 Å². The van der Waals surface area contributed by atoms with Gasteiger partial charge in [0.15, 0.2) is 0 Å². The van der Waals surface area contributed by atoms with Gasteiger partial charge in [-0.1, -0.05) is 59.6 Å². The van der Waals surface area contributed by atoms with Gasteiger partial charge in [-0.2, -0.15) is 5.10 Å². The first-order valence-corrected chi connectivity index (χ1v) is 10.5. The van der Waals surface area contributed by atoms with Gasteiger partial charge in [0.05, 0.1) is 23.7 Å². The Hall–Kier alpha value is -3.25. The minimum Gasteiger partial charge on any atom is -0.481 e. The highest BCUT2D eigenvalue weighted by atomic mass is 35.5. The maximum absolute atomic E-state index is 12.9. The van der Waals surface area contributed by atoms with Gasteiger partial charge in [0.1, 0.15) is 5.15 Å². The number of carboxylic acid groups (broad SMARTS) is 1. The van der Waals surface area contributed by atoms with Crippen LogP contribution >= 0.6 is 11.6 Å². The average molecular weight is 436 g/mol. The number of pyridine rings is 1. The number of hydrazone groups is 1. The van der Waals surface area contributed by atoms with Crippen LogP contribution in [0.3, 0.4) is 0 Å². The van der Waals surface area contributed by atoms with Gasteiger partial charge in [-0.15, -0.1) is 0 Å². The number of nitrogens with zero attached hydrogens (tertiary/aromatic N) is 3. The number of hydrogen-bond donors (Lipinski definition) is 1. The van der Waals surface area contributed by atoms with Crippen molar-refractivity contribution in [2.75, 3.05) is 0 Å². The average Bonchev–Trinajstić information content (AvgIpc) is 3.18. The van der Waals surface area contributed by atoms with Gasteiger partial charge in [0.2, 0.25) is 5.91 Å². The van der Waals surface area contributed by atoms with E-state index in [4.69, 9.17) is 16.7 Å². The molecule has 0 saturated heterocycles. The van der Waals surface area contributed by atoms with E-state index in [1.165, 1.54) is 5.01 Å². The highest BCUT2D eigenvalue weighted by Crippen LogP contribution is 2.38. The highest BCUT2D eigenvalue weighted by molar-refractivity contribution is 6.30. The number of fused-ring (bicyclic) bond motifs is 1. The molecule has 1 aromatic heterocycles. The number of carbonyl (C=O) groups excluding carboxylic acids is 1. The van der Waals surface area contributed by atoms with E-state index in [1.54, 1.807) is 0 Å². The molecule has 1 atom stereocenters. The van der Waals surface area contributed by atoms with Crippen LogP contribution in [-0.2, 0) is 9.59 Å². The number of benzene rings is 2. The van der Waals surface area contributed by atoms with Crippen molar-refractivity contribution in [2.45, 2.75) is 39.2 Å². The molecule has 3 aromatic rings. The number of halogens is 1. The van der Waals surface area contributed by atoms with E-state index in [9.17, 15) is 9.59 Å². The molecule has 2 heterocycles. The van der Waals surface area contributed by atoms with Crippen molar-refractivity contribution in [3.63, 3.8) is 0 Å². The van der Waals surface area contributed by atoms with Crippen LogP contribution in [0.25, 0.3) is 10.9 Å². The van der Waals surface area contributed by atoms with Crippen molar-refractivity contribution in [3.05, 3.63) is 75.9 Å². The van der Waals surface area contributed by atoms with Crippen molar-refractivity contribution in [3.8, 4) is 0 Å². The first kappa shape index (κ1) is 21.0. The van der Waals surface area contributed by atoms with Crippen molar-refractivity contribution in [1.29, 1.82) is 0 Å². The summed E-state index contributed by atoms with van der Waals surface area (Å²) in [5.41, 5.74) is 5.35. The molecule has 0 spiro atoms. The van der Waals surface area contributed by atoms with E-state index >= 15 is 0 Å². The number of para-hydroxylation sites is 1. The van der Waals surface area contributed by atoms with Gasteiger partial charge in [-0.25, -0.2) is 9.99 Å². The molecule has 158 valence electrons. The lowest BCUT2D eigenvalue weighted by Crippen LogP contribution is -2.27. The summed E-state index contributed by atoms with van der Waals surface area (Å²) < 4.78 is 0. The van der Waals surface area contributed by atoms with Gasteiger partial charge in [0.25, 0.3) is 0 Å². The van der Waals surface area contributed by atoms with E-state index in [-0.39, 0.29) is 18.7 Å². The normalized spacial score (nSPS) is 15.9. The zero-order chi connectivity index (χ0) is 22.1. The summed E-state index contributed by atoms with van der Waals surface area (Å²) in [7, 11) is 0. The molecule has 0 radical (unpaired) electrons. The lowest BCUT2D eigenvalue weighted by atomic mass is 9.97. The fraction of sp³-hybridized carbons (Fsp3) is 0.250. The number of aryl methyl sites for hydroxylation is 2. The summed E-state index contributed by atoms with van der Waals surface area (Å²) in [6.07, 6.45) is 0.0924. The monoisotopic (exact) mass is 435 g/mol. The second-order valence-electron chi connectivity index (χ2n) is 7.78. The summed E-state index contributed by atoms with van der Waals surface area (Å²) in [5.74, 6) is -1.37.